The van der Waals surface area contributed by atoms with Crippen LogP contribution >= 0.6 is 11.6 Å². The largest absolute Gasteiger partial charge is 0.495 e. The number of amides is 2. The van der Waals surface area contributed by atoms with Gasteiger partial charge in [-0.2, -0.15) is 0 Å². The van der Waals surface area contributed by atoms with Crippen LogP contribution in [0.1, 0.15) is 16.7 Å². The van der Waals surface area contributed by atoms with Gasteiger partial charge in [-0.05, 0) is 57.1 Å². The Morgan fingerprint density at radius 3 is 2.11 bits per heavy atom. The number of rotatable bonds is 7. The highest BCUT2D eigenvalue weighted by Gasteiger charge is 2.14. The molecule has 0 bridgehead atoms. The first-order valence-corrected chi connectivity index (χ1v) is 9.27. The molecule has 2 amide bonds. The molecule has 2 aromatic rings. The second-order valence-corrected chi connectivity index (χ2v) is 7.30. The van der Waals surface area contributed by atoms with Crippen molar-refractivity contribution in [3.63, 3.8) is 0 Å². The van der Waals surface area contributed by atoms with Gasteiger partial charge in [0.1, 0.15) is 5.75 Å². The molecule has 0 saturated heterocycles. The molecule has 0 aromatic heterocycles. The topological polar surface area (TPSA) is 70.7 Å². The van der Waals surface area contributed by atoms with Crippen LogP contribution in [0.2, 0.25) is 5.02 Å². The molecule has 0 spiro atoms. The Hall–Kier alpha value is -2.57. The van der Waals surface area contributed by atoms with Gasteiger partial charge in [-0.1, -0.05) is 29.3 Å². The number of hydrogen-bond acceptors (Lipinski definition) is 4. The number of likely N-dealkylation sites (N-methyl/N-ethyl adjacent to an activating group) is 1. The maximum absolute atomic E-state index is 12.4. The van der Waals surface area contributed by atoms with E-state index in [9.17, 15) is 9.59 Å². The van der Waals surface area contributed by atoms with Gasteiger partial charge in [0, 0.05) is 11.4 Å². The summed E-state index contributed by atoms with van der Waals surface area (Å²) < 4.78 is 5.09. The summed E-state index contributed by atoms with van der Waals surface area (Å²) in [6, 6.07) is 9.06. The van der Waals surface area contributed by atoms with E-state index in [2.05, 4.69) is 10.6 Å². The van der Waals surface area contributed by atoms with Gasteiger partial charge in [0.2, 0.25) is 11.8 Å². The lowest BCUT2D eigenvalue weighted by atomic mass is 10.1. The Kier molecular flexibility index (Phi) is 7.43. The number of nitrogens with zero attached hydrogens (tertiary/aromatic N) is 1. The summed E-state index contributed by atoms with van der Waals surface area (Å²) in [6.07, 6.45) is 0. The molecule has 2 rings (SSSR count). The van der Waals surface area contributed by atoms with Crippen LogP contribution in [0.4, 0.5) is 11.4 Å². The summed E-state index contributed by atoms with van der Waals surface area (Å²) >= 11 is 6.06. The van der Waals surface area contributed by atoms with Gasteiger partial charge in [-0.25, -0.2) is 0 Å². The highest BCUT2D eigenvalue weighted by Crippen LogP contribution is 2.27. The lowest BCUT2D eigenvalue weighted by Crippen LogP contribution is -2.36. The minimum absolute atomic E-state index is 0.0724. The minimum Gasteiger partial charge on any atom is -0.495 e. The second kappa shape index (κ2) is 9.57. The van der Waals surface area contributed by atoms with Crippen molar-refractivity contribution in [2.75, 3.05) is 37.9 Å². The summed E-state index contributed by atoms with van der Waals surface area (Å²) in [5, 5.41) is 6.11. The summed E-state index contributed by atoms with van der Waals surface area (Å²) in [6.45, 7) is 6.12. The van der Waals surface area contributed by atoms with Crippen molar-refractivity contribution in [2.24, 2.45) is 0 Å². The van der Waals surface area contributed by atoms with Crippen LogP contribution < -0.4 is 15.4 Å². The number of hydrogen-bond donors (Lipinski definition) is 2. The molecular weight excluding hydrogens is 378 g/mol. The molecule has 0 radical (unpaired) electrons. The number of ether oxygens (including phenoxy) is 1. The molecular formula is C21H26ClN3O3. The molecule has 150 valence electrons. The van der Waals surface area contributed by atoms with Crippen molar-refractivity contribution in [1.82, 2.24) is 4.90 Å². The molecule has 0 aliphatic heterocycles. The first-order chi connectivity index (χ1) is 13.2. The Morgan fingerprint density at radius 1 is 1.00 bits per heavy atom. The molecule has 28 heavy (non-hydrogen) atoms. The van der Waals surface area contributed by atoms with Crippen molar-refractivity contribution in [3.8, 4) is 5.75 Å². The standard InChI is InChI=1S/C21H26ClN3O3/c1-13-8-14(2)21(15(3)9-13)24-20(27)12-25(4)11-19(26)23-16-6-7-18(28-5)17(22)10-16/h6-10H,11-12H2,1-5H3,(H,23,26)(H,24,27). The van der Waals surface area contributed by atoms with Crippen molar-refractivity contribution >= 4 is 34.8 Å². The van der Waals surface area contributed by atoms with Gasteiger partial charge in [0.05, 0.1) is 25.2 Å². The van der Waals surface area contributed by atoms with Crippen molar-refractivity contribution in [2.45, 2.75) is 20.8 Å². The van der Waals surface area contributed by atoms with E-state index in [-0.39, 0.29) is 24.9 Å². The van der Waals surface area contributed by atoms with E-state index >= 15 is 0 Å². The number of benzene rings is 2. The lowest BCUT2D eigenvalue weighted by Gasteiger charge is -2.18. The molecule has 0 aliphatic rings. The summed E-state index contributed by atoms with van der Waals surface area (Å²) in [5.74, 6) is 0.132. The quantitative estimate of drug-likeness (QED) is 0.738. The predicted octanol–water partition coefficient (Wildman–Crippen LogP) is 3.78. The van der Waals surface area contributed by atoms with Gasteiger partial charge in [-0.15, -0.1) is 0 Å². The van der Waals surface area contributed by atoms with E-state index in [1.807, 2.05) is 32.9 Å². The van der Waals surface area contributed by atoms with Gasteiger partial charge in [-0.3, -0.25) is 14.5 Å². The van der Waals surface area contributed by atoms with E-state index in [0.717, 1.165) is 22.4 Å². The number of carbonyl (C=O) groups is 2. The third-order valence-corrected chi connectivity index (χ3v) is 4.50. The number of nitrogens with one attached hydrogen (secondary N) is 2. The maximum atomic E-state index is 12.4. The Bertz CT molecular complexity index is 860. The molecule has 0 saturated carbocycles. The van der Waals surface area contributed by atoms with Crippen LogP contribution in [-0.4, -0.2) is 44.0 Å². The van der Waals surface area contributed by atoms with E-state index < -0.39 is 0 Å². The first-order valence-electron chi connectivity index (χ1n) is 8.89. The molecule has 6 nitrogen and oxygen atoms in total. The average molecular weight is 404 g/mol. The number of carbonyl (C=O) groups excluding carboxylic acids is 2. The third-order valence-electron chi connectivity index (χ3n) is 4.20. The fourth-order valence-electron chi connectivity index (χ4n) is 3.05. The smallest absolute Gasteiger partial charge is 0.238 e. The molecule has 2 aromatic carbocycles. The zero-order chi connectivity index (χ0) is 20.8. The molecule has 0 atom stereocenters. The van der Waals surface area contributed by atoms with Gasteiger partial charge in [0.25, 0.3) is 0 Å². The summed E-state index contributed by atoms with van der Waals surface area (Å²) in [4.78, 5) is 26.2. The van der Waals surface area contributed by atoms with Crippen molar-refractivity contribution in [1.29, 1.82) is 0 Å². The third kappa shape index (κ3) is 5.97. The normalized spacial score (nSPS) is 10.7. The average Bonchev–Trinajstić information content (AvgIpc) is 2.58. The monoisotopic (exact) mass is 403 g/mol. The van der Waals surface area contributed by atoms with Crippen molar-refractivity contribution in [3.05, 3.63) is 52.0 Å². The molecule has 2 N–H and O–H groups in total. The highest BCUT2D eigenvalue weighted by molar-refractivity contribution is 6.32. The maximum Gasteiger partial charge on any atom is 0.238 e. The van der Waals surface area contributed by atoms with Crippen LogP contribution in [-0.2, 0) is 9.59 Å². The summed E-state index contributed by atoms with van der Waals surface area (Å²) in [7, 11) is 3.24. The SMILES string of the molecule is COc1ccc(NC(=O)CN(C)CC(=O)Nc2c(C)cc(C)cc2C)cc1Cl. The fraction of sp³-hybridized carbons (Fsp3) is 0.333. The van der Waals surface area contributed by atoms with Crippen LogP contribution in [0.15, 0.2) is 30.3 Å². The highest BCUT2D eigenvalue weighted by atomic mass is 35.5. The Balaban J connectivity index is 1.89. The fourth-order valence-corrected chi connectivity index (χ4v) is 3.30. The first kappa shape index (κ1) is 21.7. The van der Waals surface area contributed by atoms with Crippen molar-refractivity contribution < 1.29 is 14.3 Å². The van der Waals surface area contributed by atoms with Crippen LogP contribution in [0.25, 0.3) is 0 Å². The van der Waals surface area contributed by atoms with Crippen LogP contribution in [0.3, 0.4) is 0 Å². The van der Waals surface area contributed by atoms with E-state index in [1.165, 1.54) is 7.11 Å². The molecule has 0 heterocycles. The minimum atomic E-state index is -0.237. The lowest BCUT2D eigenvalue weighted by molar-refractivity contribution is -0.119. The van der Waals surface area contributed by atoms with E-state index in [4.69, 9.17) is 16.3 Å². The number of methoxy groups -OCH3 is 1. The number of aryl methyl sites for hydroxylation is 3. The Labute approximate surface area is 170 Å². The second-order valence-electron chi connectivity index (χ2n) is 6.89. The number of halogens is 1. The Morgan fingerprint density at radius 2 is 1.57 bits per heavy atom. The van der Waals surface area contributed by atoms with Crippen LogP contribution in [0, 0.1) is 20.8 Å². The summed E-state index contributed by atoms with van der Waals surface area (Å²) in [5.41, 5.74) is 4.58. The molecule has 7 heteroatoms. The molecule has 0 fully saturated rings. The van der Waals surface area contributed by atoms with E-state index in [1.54, 1.807) is 30.1 Å². The van der Waals surface area contributed by atoms with E-state index in [0.29, 0.717) is 16.5 Å². The molecule has 0 unspecified atom stereocenters. The van der Waals surface area contributed by atoms with Gasteiger partial charge < -0.3 is 15.4 Å². The van der Waals surface area contributed by atoms with Crippen LogP contribution in [0.5, 0.6) is 5.75 Å². The zero-order valence-electron chi connectivity index (χ0n) is 16.9. The predicted molar refractivity (Wildman–Crippen MR) is 113 cm³/mol. The zero-order valence-corrected chi connectivity index (χ0v) is 17.6. The number of anilines is 2. The van der Waals surface area contributed by atoms with Gasteiger partial charge >= 0.3 is 0 Å². The van der Waals surface area contributed by atoms with Gasteiger partial charge in [0.15, 0.2) is 0 Å². The molecule has 0 aliphatic carbocycles.